The summed E-state index contributed by atoms with van der Waals surface area (Å²) in [6.07, 6.45) is -1.24. The predicted molar refractivity (Wildman–Crippen MR) is 268 cm³/mol. The topological polar surface area (TPSA) is 191 Å². The Labute approximate surface area is 418 Å². The Kier molecular flexibility index (Phi) is 23.2. The smallest absolute Gasteiger partial charge is 0.308 e. The van der Waals surface area contributed by atoms with Crippen molar-refractivity contribution in [2.45, 2.75) is 174 Å². The zero-order valence-electron chi connectivity index (χ0n) is 44.2. The lowest BCUT2D eigenvalue weighted by Crippen LogP contribution is -2.63. The van der Waals surface area contributed by atoms with Gasteiger partial charge in [-0.05, 0) is 96.5 Å². The highest BCUT2D eigenvalue weighted by Gasteiger charge is 2.48. The second-order valence-electron chi connectivity index (χ2n) is 21.1. The number of likely N-dealkylation sites (tertiary alicyclic amines) is 1. The molecule has 398 valence electrons. The van der Waals surface area contributed by atoms with Gasteiger partial charge in [-0.3, -0.25) is 4.79 Å². The molecule has 0 radical (unpaired) electrons. The molecule has 4 N–H and O–H groups in total. The first-order valence-corrected chi connectivity index (χ1v) is 25.9. The van der Waals surface area contributed by atoms with Crippen LogP contribution in [0.1, 0.15) is 93.1 Å². The summed E-state index contributed by atoms with van der Waals surface area (Å²) in [7, 11) is 6.63. The van der Waals surface area contributed by atoms with Crippen LogP contribution in [-0.2, 0) is 49.2 Å². The number of likely N-dealkylation sites (N-methyl/N-ethyl adjacent to an activating group) is 1. The molecule has 16 heteroatoms. The highest BCUT2D eigenvalue weighted by molar-refractivity contribution is 5.96. The number of nitrogens with zero attached hydrogens (tertiary/aromatic N) is 3. The molecule has 4 aliphatic heterocycles. The van der Waals surface area contributed by atoms with Crippen LogP contribution in [-0.4, -0.2) is 183 Å². The van der Waals surface area contributed by atoms with E-state index in [-0.39, 0.29) is 24.9 Å². The van der Waals surface area contributed by atoms with Gasteiger partial charge in [-0.25, -0.2) is 0 Å². The molecule has 19 atom stereocenters. The summed E-state index contributed by atoms with van der Waals surface area (Å²) >= 11 is 0. The van der Waals surface area contributed by atoms with Crippen molar-refractivity contribution in [2.75, 3.05) is 61.2 Å². The van der Waals surface area contributed by atoms with Crippen molar-refractivity contribution in [3.63, 3.8) is 0 Å². The van der Waals surface area contributed by atoms with Crippen LogP contribution in [0.2, 0.25) is 0 Å². The van der Waals surface area contributed by atoms with Crippen LogP contribution in [0.15, 0.2) is 59.3 Å². The van der Waals surface area contributed by atoms with Gasteiger partial charge in [0, 0.05) is 51.5 Å². The molecule has 0 spiro atoms. The molecule has 16 nitrogen and oxygen atoms in total. The highest BCUT2D eigenvalue weighted by Crippen LogP contribution is 2.36. The number of allylic oxidation sites excluding steroid dienone is 3. The molecule has 4 aliphatic rings. The number of esters is 1. The SMILES string of the molecule is CC[C@H]1OC(=O)C[C@@H](O)C(C)[C@@H](O[C@H]2O[C@@H](C)[C@H](O)[C@@H](N(C)C)[C@@H]2O)[C@@H](CCN2CC(C)CC(C)C2)C[C@@H](C)C(=N\OCCc2ccccc2)/C=C/C(C)=C/C1CO[C@H]1O[C@@H](C)[C@H](O)[C@H](OC)[C@@H]1OC. The zero-order valence-corrected chi connectivity index (χ0v) is 44.2. The molecule has 0 bridgehead atoms. The minimum absolute atomic E-state index is 0.0661. The lowest BCUT2D eigenvalue weighted by atomic mass is 9.79. The molecule has 0 saturated carbocycles. The Bertz CT molecular complexity index is 1790. The van der Waals surface area contributed by atoms with Crippen molar-refractivity contribution in [3.05, 3.63) is 59.7 Å². The quantitative estimate of drug-likeness (QED) is 0.0937. The monoisotopic (exact) mass is 988 g/mol. The Morgan fingerprint density at radius 2 is 1.49 bits per heavy atom. The van der Waals surface area contributed by atoms with Gasteiger partial charge in [-0.15, -0.1) is 0 Å². The van der Waals surface area contributed by atoms with Gasteiger partial charge in [0.2, 0.25) is 0 Å². The molecule has 0 aromatic heterocycles. The number of methoxy groups -OCH3 is 2. The summed E-state index contributed by atoms with van der Waals surface area (Å²) < 4.78 is 43.4. The van der Waals surface area contributed by atoms with E-state index in [1.165, 1.54) is 20.6 Å². The standard InChI is InChI=1S/C54H89N3O13/c1-13-44-41(31-65-54-52(64-12)51(63-11)48(61)38(8)68-54)26-32(2)19-20-42(55-66-24-22-39-17-15-14-16-18-39)35(5)27-40(21-23-57-29-33(3)25-34(4)30-57)50(36(6)43(58)28-45(59)69-44)70-53-49(62)46(56(9)10)47(60)37(7)67-53/h14-20,26,33-38,40-41,43-44,46-54,58,60-62H,13,21-25,27-31H2,1-12H3/b20-19+,32-26+,55-42-/t33?,34?,35-,36?,37+,38+,40+,41?,43-,44-,46-,47+,48+,49+,50-,51+,52+,53-,54+/m1/s1. The van der Waals surface area contributed by atoms with E-state index < -0.39 is 97.5 Å². The summed E-state index contributed by atoms with van der Waals surface area (Å²) in [6.45, 7) is 19.2. The highest BCUT2D eigenvalue weighted by atomic mass is 16.7. The Morgan fingerprint density at radius 3 is 2.13 bits per heavy atom. The van der Waals surface area contributed by atoms with Crippen molar-refractivity contribution in [1.29, 1.82) is 0 Å². The minimum atomic E-state index is -1.22. The third-order valence-corrected chi connectivity index (χ3v) is 15.0. The van der Waals surface area contributed by atoms with Gasteiger partial charge in [0.25, 0.3) is 0 Å². The predicted octanol–water partition coefficient (Wildman–Crippen LogP) is 5.39. The minimum Gasteiger partial charge on any atom is -0.462 e. The second-order valence-corrected chi connectivity index (χ2v) is 21.1. The summed E-state index contributed by atoms with van der Waals surface area (Å²) in [4.78, 5) is 24.5. The molecule has 4 heterocycles. The zero-order chi connectivity index (χ0) is 51.2. The molecule has 1 aromatic carbocycles. The lowest BCUT2D eigenvalue weighted by Gasteiger charge is -2.47. The van der Waals surface area contributed by atoms with E-state index in [1.807, 2.05) is 57.2 Å². The second kappa shape index (κ2) is 28.0. The van der Waals surface area contributed by atoms with Crippen molar-refractivity contribution < 1.29 is 63.2 Å². The number of carbonyl (C=O) groups is 1. The lowest BCUT2D eigenvalue weighted by molar-refractivity contribution is -0.304. The first kappa shape index (κ1) is 58.1. The summed E-state index contributed by atoms with van der Waals surface area (Å²) in [6, 6.07) is 9.45. The average Bonchev–Trinajstić information content (AvgIpc) is 3.31. The number of carbonyl (C=O) groups excluding carboxylic acids is 1. The summed E-state index contributed by atoms with van der Waals surface area (Å²) in [5, 5.41) is 50.8. The van der Waals surface area contributed by atoms with E-state index >= 15 is 0 Å². The van der Waals surface area contributed by atoms with Crippen LogP contribution in [0.4, 0.5) is 0 Å². The number of aliphatic hydroxyl groups excluding tert-OH is 4. The van der Waals surface area contributed by atoms with Crippen LogP contribution in [0, 0.1) is 35.5 Å². The molecule has 3 fully saturated rings. The molecule has 0 aliphatic carbocycles. The maximum absolute atomic E-state index is 14.1. The van der Waals surface area contributed by atoms with Crippen molar-refractivity contribution in [3.8, 4) is 0 Å². The van der Waals surface area contributed by atoms with E-state index in [4.69, 9.17) is 43.2 Å². The number of piperidine rings is 1. The number of oxime groups is 1. The van der Waals surface area contributed by atoms with Crippen molar-refractivity contribution in [2.24, 2.45) is 40.7 Å². The maximum atomic E-state index is 14.1. The van der Waals surface area contributed by atoms with E-state index in [0.29, 0.717) is 49.8 Å². The third kappa shape index (κ3) is 16.1. The number of ether oxygens (including phenoxy) is 7. The van der Waals surface area contributed by atoms with Gasteiger partial charge in [0.15, 0.2) is 12.6 Å². The number of hydrogen-bond donors (Lipinski definition) is 4. The van der Waals surface area contributed by atoms with Gasteiger partial charge in [0.1, 0.15) is 37.1 Å². The Balaban J connectivity index is 1.55. The van der Waals surface area contributed by atoms with Crippen LogP contribution >= 0.6 is 0 Å². The number of aliphatic hydroxyl groups is 4. The van der Waals surface area contributed by atoms with Gasteiger partial charge in [-0.2, -0.15) is 0 Å². The molecule has 4 unspecified atom stereocenters. The van der Waals surface area contributed by atoms with Crippen molar-refractivity contribution in [1.82, 2.24) is 9.80 Å². The fourth-order valence-corrected chi connectivity index (χ4v) is 11.1. The van der Waals surface area contributed by atoms with E-state index in [1.54, 1.807) is 32.8 Å². The number of hydrogen-bond acceptors (Lipinski definition) is 16. The molecule has 5 rings (SSSR count). The van der Waals surface area contributed by atoms with E-state index in [2.05, 4.69) is 37.8 Å². The molecule has 1 aromatic rings. The van der Waals surface area contributed by atoms with Gasteiger partial charge in [0.05, 0.1) is 55.3 Å². The van der Waals surface area contributed by atoms with Gasteiger partial charge in [-0.1, -0.05) is 87.8 Å². The van der Waals surface area contributed by atoms with Crippen LogP contribution < -0.4 is 0 Å². The molecular weight excluding hydrogens is 899 g/mol. The van der Waals surface area contributed by atoms with Crippen LogP contribution in [0.25, 0.3) is 0 Å². The first-order valence-electron chi connectivity index (χ1n) is 25.9. The Hall–Kier alpha value is -2.84. The third-order valence-electron chi connectivity index (χ3n) is 15.0. The number of benzene rings is 1. The molecule has 70 heavy (non-hydrogen) atoms. The molecular formula is C54H89N3O13. The van der Waals surface area contributed by atoms with Crippen LogP contribution in [0.3, 0.4) is 0 Å². The van der Waals surface area contributed by atoms with E-state index in [0.717, 1.165) is 30.8 Å². The number of cyclic esters (lactones) is 1. The van der Waals surface area contributed by atoms with Crippen LogP contribution in [0.5, 0.6) is 0 Å². The van der Waals surface area contributed by atoms with Gasteiger partial charge < -0.3 is 68.2 Å². The van der Waals surface area contributed by atoms with Crippen molar-refractivity contribution >= 4 is 11.7 Å². The normalized spacial score (nSPS) is 40.6. The largest absolute Gasteiger partial charge is 0.462 e. The summed E-state index contributed by atoms with van der Waals surface area (Å²) in [5.74, 6) is -1.01. The maximum Gasteiger partial charge on any atom is 0.308 e. The summed E-state index contributed by atoms with van der Waals surface area (Å²) in [5.41, 5.74) is 2.72. The average molecular weight is 988 g/mol. The fourth-order valence-electron chi connectivity index (χ4n) is 11.1. The molecule has 0 amide bonds. The molecule has 3 saturated heterocycles. The van der Waals surface area contributed by atoms with Gasteiger partial charge >= 0.3 is 5.97 Å². The number of rotatable bonds is 16. The fraction of sp³-hybridized carbons (Fsp3) is 0.778. The van der Waals surface area contributed by atoms with E-state index in [9.17, 15) is 25.2 Å². The first-order chi connectivity index (χ1) is 33.3. The Morgan fingerprint density at radius 1 is 0.829 bits per heavy atom.